The van der Waals surface area contributed by atoms with Gasteiger partial charge in [0, 0.05) is 24.9 Å². The van der Waals surface area contributed by atoms with Gasteiger partial charge in [0.15, 0.2) is 0 Å². The summed E-state index contributed by atoms with van der Waals surface area (Å²) < 4.78 is 5.84. The molecule has 1 aliphatic rings. The number of aliphatic hydroxyl groups is 1. The van der Waals surface area contributed by atoms with E-state index >= 15 is 0 Å². The van der Waals surface area contributed by atoms with Crippen molar-refractivity contribution in [1.29, 1.82) is 0 Å². The van der Waals surface area contributed by atoms with Crippen molar-refractivity contribution >= 4 is 0 Å². The lowest BCUT2D eigenvalue weighted by atomic mass is 9.82. The first-order valence-corrected chi connectivity index (χ1v) is 7.51. The summed E-state index contributed by atoms with van der Waals surface area (Å²) in [6.07, 6.45) is 8.11. The molecule has 106 valence electrons. The second kappa shape index (κ2) is 7.61. The van der Waals surface area contributed by atoms with Gasteiger partial charge in [0.2, 0.25) is 0 Å². The number of rotatable bonds is 6. The first-order valence-electron chi connectivity index (χ1n) is 7.51. The highest BCUT2D eigenvalue weighted by Gasteiger charge is 2.30. The molecule has 2 unspecified atom stereocenters. The van der Waals surface area contributed by atoms with Crippen molar-refractivity contribution in [3.05, 3.63) is 30.1 Å². The predicted molar refractivity (Wildman–Crippen MR) is 75.9 cm³/mol. The maximum absolute atomic E-state index is 10.5. The van der Waals surface area contributed by atoms with Crippen molar-refractivity contribution in [2.45, 2.75) is 57.7 Å². The molecule has 1 aliphatic carbocycles. The summed E-state index contributed by atoms with van der Waals surface area (Å²) in [7, 11) is 0. The van der Waals surface area contributed by atoms with Gasteiger partial charge in [-0.3, -0.25) is 4.98 Å². The van der Waals surface area contributed by atoms with Crippen molar-refractivity contribution < 1.29 is 9.84 Å². The van der Waals surface area contributed by atoms with Gasteiger partial charge in [0.25, 0.3) is 0 Å². The normalized spacial score (nSPS) is 20.1. The van der Waals surface area contributed by atoms with Gasteiger partial charge in [-0.05, 0) is 37.8 Å². The Kier molecular flexibility index (Phi) is 5.80. The van der Waals surface area contributed by atoms with Crippen LogP contribution in [0.4, 0.5) is 0 Å². The van der Waals surface area contributed by atoms with E-state index in [1.54, 1.807) is 6.20 Å². The number of hydrogen-bond acceptors (Lipinski definition) is 3. The van der Waals surface area contributed by atoms with Gasteiger partial charge < -0.3 is 9.84 Å². The average Bonchev–Trinajstić information content (AvgIpc) is 2.46. The van der Waals surface area contributed by atoms with E-state index in [2.05, 4.69) is 4.98 Å². The molecule has 1 N–H and O–H groups in total. The minimum atomic E-state index is -0.446. The fraction of sp³-hybridized carbons (Fsp3) is 0.688. The zero-order valence-corrected chi connectivity index (χ0v) is 11.8. The van der Waals surface area contributed by atoms with Crippen LogP contribution in [0.5, 0.6) is 0 Å². The molecule has 0 aliphatic heterocycles. The molecular weight excluding hydrogens is 238 g/mol. The summed E-state index contributed by atoms with van der Waals surface area (Å²) in [6, 6.07) is 5.83. The molecule has 1 saturated carbocycles. The smallest absolute Gasteiger partial charge is 0.0865 e. The Balaban J connectivity index is 1.97. The summed E-state index contributed by atoms with van der Waals surface area (Å²) in [5.41, 5.74) is 0.940. The first kappa shape index (κ1) is 14.5. The average molecular weight is 263 g/mol. The highest BCUT2D eigenvalue weighted by molar-refractivity contribution is 5.05. The van der Waals surface area contributed by atoms with E-state index in [1.165, 1.54) is 32.1 Å². The molecule has 2 rings (SSSR count). The van der Waals surface area contributed by atoms with Crippen LogP contribution < -0.4 is 0 Å². The zero-order chi connectivity index (χ0) is 13.5. The molecular formula is C16H25NO2. The summed E-state index contributed by atoms with van der Waals surface area (Å²) in [5, 5.41) is 10.5. The molecule has 0 bridgehead atoms. The van der Waals surface area contributed by atoms with E-state index < -0.39 is 6.10 Å². The van der Waals surface area contributed by atoms with Crippen molar-refractivity contribution in [2.24, 2.45) is 5.92 Å². The molecule has 0 aromatic carbocycles. The van der Waals surface area contributed by atoms with Crippen LogP contribution in [0.25, 0.3) is 0 Å². The predicted octanol–water partition coefficient (Wildman–Crippen LogP) is 2.97. The third-order valence-electron chi connectivity index (χ3n) is 4.00. The van der Waals surface area contributed by atoms with E-state index in [-0.39, 0.29) is 6.10 Å². The summed E-state index contributed by atoms with van der Waals surface area (Å²) in [4.78, 5) is 4.29. The Labute approximate surface area is 116 Å². The second-order valence-electron chi connectivity index (χ2n) is 5.41. The lowest BCUT2D eigenvalue weighted by Crippen LogP contribution is -2.38. The Bertz CT molecular complexity index is 349. The van der Waals surface area contributed by atoms with Gasteiger partial charge in [-0.15, -0.1) is 0 Å². The maximum atomic E-state index is 10.5. The van der Waals surface area contributed by atoms with Crippen LogP contribution in [0.15, 0.2) is 24.4 Å². The van der Waals surface area contributed by atoms with Gasteiger partial charge in [-0.25, -0.2) is 0 Å². The van der Waals surface area contributed by atoms with Crippen LogP contribution >= 0.6 is 0 Å². The van der Waals surface area contributed by atoms with E-state index in [1.807, 2.05) is 25.1 Å². The summed E-state index contributed by atoms with van der Waals surface area (Å²) in [6.45, 7) is 2.67. The number of aromatic nitrogens is 1. The van der Waals surface area contributed by atoms with Gasteiger partial charge >= 0.3 is 0 Å². The molecule has 0 spiro atoms. The molecule has 19 heavy (non-hydrogen) atoms. The minimum absolute atomic E-state index is 0.0349. The maximum Gasteiger partial charge on any atom is 0.0865 e. The number of nitrogens with zero attached hydrogens (tertiary/aromatic N) is 1. The molecule has 0 saturated heterocycles. The van der Waals surface area contributed by atoms with Crippen molar-refractivity contribution in [1.82, 2.24) is 4.98 Å². The van der Waals surface area contributed by atoms with Gasteiger partial charge in [0.05, 0.1) is 12.2 Å². The Morgan fingerprint density at radius 3 is 2.74 bits per heavy atom. The van der Waals surface area contributed by atoms with E-state index in [0.29, 0.717) is 18.9 Å². The zero-order valence-electron chi connectivity index (χ0n) is 11.8. The fourth-order valence-corrected chi connectivity index (χ4v) is 3.07. The molecule has 1 aromatic heterocycles. The number of hydrogen-bond donors (Lipinski definition) is 1. The first-order chi connectivity index (χ1) is 9.31. The van der Waals surface area contributed by atoms with E-state index in [0.717, 1.165) is 5.69 Å². The third-order valence-corrected chi connectivity index (χ3v) is 4.00. The SMILES string of the molecule is CCOC(C(O)Cc1ccccn1)C1CCCCC1. The van der Waals surface area contributed by atoms with Crippen molar-refractivity contribution in [2.75, 3.05) is 6.61 Å². The largest absolute Gasteiger partial charge is 0.390 e. The van der Waals surface area contributed by atoms with Gasteiger partial charge in [-0.1, -0.05) is 25.3 Å². The second-order valence-corrected chi connectivity index (χ2v) is 5.41. The molecule has 3 nitrogen and oxygen atoms in total. The lowest BCUT2D eigenvalue weighted by molar-refractivity contribution is -0.0718. The van der Waals surface area contributed by atoms with Crippen LogP contribution in [0, 0.1) is 5.92 Å². The Morgan fingerprint density at radius 2 is 2.11 bits per heavy atom. The van der Waals surface area contributed by atoms with Crippen LogP contribution in [-0.4, -0.2) is 28.9 Å². The number of ether oxygens (including phenoxy) is 1. The van der Waals surface area contributed by atoms with E-state index in [4.69, 9.17) is 4.74 Å². The Morgan fingerprint density at radius 1 is 1.32 bits per heavy atom. The van der Waals surface area contributed by atoms with Crippen LogP contribution in [0.3, 0.4) is 0 Å². The van der Waals surface area contributed by atoms with Crippen molar-refractivity contribution in [3.63, 3.8) is 0 Å². The number of pyridine rings is 1. The highest BCUT2D eigenvalue weighted by Crippen LogP contribution is 2.30. The number of aliphatic hydroxyl groups excluding tert-OH is 1. The quantitative estimate of drug-likeness (QED) is 0.858. The molecule has 0 radical (unpaired) electrons. The standard InChI is InChI=1S/C16H25NO2/c1-2-19-16(13-8-4-3-5-9-13)15(18)12-14-10-6-7-11-17-14/h6-7,10-11,13,15-16,18H,2-5,8-9,12H2,1H3. The van der Waals surface area contributed by atoms with Crippen LogP contribution in [0.1, 0.15) is 44.7 Å². The summed E-state index contributed by atoms with van der Waals surface area (Å²) in [5.74, 6) is 0.507. The summed E-state index contributed by atoms with van der Waals surface area (Å²) >= 11 is 0. The molecule has 1 heterocycles. The molecule has 1 aromatic rings. The fourth-order valence-electron chi connectivity index (χ4n) is 3.07. The lowest BCUT2D eigenvalue weighted by Gasteiger charge is -2.33. The Hall–Kier alpha value is -0.930. The van der Waals surface area contributed by atoms with E-state index in [9.17, 15) is 5.11 Å². The topological polar surface area (TPSA) is 42.4 Å². The molecule has 3 heteroatoms. The molecule has 2 atom stereocenters. The van der Waals surface area contributed by atoms with Crippen LogP contribution in [-0.2, 0) is 11.2 Å². The van der Waals surface area contributed by atoms with Gasteiger partial charge in [-0.2, -0.15) is 0 Å². The highest BCUT2D eigenvalue weighted by atomic mass is 16.5. The minimum Gasteiger partial charge on any atom is -0.390 e. The molecule has 0 amide bonds. The third kappa shape index (κ3) is 4.29. The van der Waals surface area contributed by atoms with Crippen molar-refractivity contribution in [3.8, 4) is 0 Å². The van der Waals surface area contributed by atoms with Crippen LogP contribution in [0.2, 0.25) is 0 Å². The molecule has 1 fully saturated rings. The monoisotopic (exact) mass is 263 g/mol. The van der Waals surface area contributed by atoms with Gasteiger partial charge in [0.1, 0.15) is 0 Å².